The number of nitrogens with one attached hydrogen (secondary N) is 1. The predicted octanol–water partition coefficient (Wildman–Crippen LogP) is 2.98. The van der Waals surface area contributed by atoms with E-state index in [0.29, 0.717) is 5.56 Å². The standard InChI is InChI=1S/C21H32N2O3/c1-15(20(25)16-7-9-19(24)10-8-16)22-21(26)17-11-13-23(14-12-17)18-5-3-2-4-6-18/h7-10,15,17-18,20,24-25H,2-6,11-14H2,1H3,(H,22,26)/t15-,20-/m1/s1. The van der Waals surface area contributed by atoms with Crippen molar-refractivity contribution in [2.24, 2.45) is 5.92 Å². The summed E-state index contributed by atoms with van der Waals surface area (Å²) in [5.74, 6) is 0.269. The first-order valence-corrected chi connectivity index (χ1v) is 10.1. The number of benzene rings is 1. The fourth-order valence-electron chi connectivity index (χ4n) is 4.35. The van der Waals surface area contributed by atoms with Crippen LogP contribution < -0.4 is 5.32 Å². The fraction of sp³-hybridized carbons (Fsp3) is 0.667. The van der Waals surface area contributed by atoms with Gasteiger partial charge in [0.05, 0.1) is 12.1 Å². The van der Waals surface area contributed by atoms with Crippen molar-refractivity contribution in [1.29, 1.82) is 0 Å². The Hall–Kier alpha value is -1.59. The maximum Gasteiger partial charge on any atom is 0.223 e. The summed E-state index contributed by atoms with van der Waals surface area (Å²) in [4.78, 5) is 15.2. The summed E-state index contributed by atoms with van der Waals surface area (Å²) < 4.78 is 0. The Morgan fingerprint density at radius 2 is 1.69 bits per heavy atom. The van der Waals surface area contributed by atoms with E-state index in [1.165, 1.54) is 32.1 Å². The Labute approximate surface area is 156 Å². The number of hydrogen-bond acceptors (Lipinski definition) is 4. The predicted molar refractivity (Wildman–Crippen MR) is 102 cm³/mol. The van der Waals surface area contributed by atoms with Crippen LogP contribution in [0.2, 0.25) is 0 Å². The van der Waals surface area contributed by atoms with Gasteiger partial charge in [0.1, 0.15) is 5.75 Å². The quantitative estimate of drug-likeness (QED) is 0.755. The molecule has 0 unspecified atom stereocenters. The topological polar surface area (TPSA) is 72.8 Å². The second kappa shape index (κ2) is 8.87. The molecule has 0 radical (unpaired) electrons. The molecule has 5 nitrogen and oxygen atoms in total. The number of hydrogen-bond donors (Lipinski definition) is 3. The summed E-state index contributed by atoms with van der Waals surface area (Å²) in [5, 5.41) is 22.8. The second-order valence-corrected chi connectivity index (χ2v) is 7.94. The van der Waals surface area contributed by atoms with E-state index >= 15 is 0 Å². The molecule has 2 atom stereocenters. The van der Waals surface area contributed by atoms with Crippen LogP contribution in [0.4, 0.5) is 0 Å². The summed E-state index contributed by atoms with van der Waals surface area (Å²) in [6, 6.07) is 6.84. The van der Waals surface area contributed by atoms with Crippen LogP contribution >= 0.6 is 0 Å². The first-order chi connectivity index (χ1) is 12.5. The van der Waals surface area contributed by atoms with Crippen molar-refractivity contribution in [2.75, 3.05) is 13.1 Å². The molecule has 3 rings (SSSR count). The molecule has 3 N–H and O–H groups in total. The van der Waals surface area contributed by atoms with Crippen LogP contribution in [-0.2, 0) is 4.79 Å². The number of aromatic hydroxyl groups is 1. The van der Waals surface area contributed by atoms with Gasteiger partial charge in [0, 0.05) is 12.0 Å². The monoisotopic (exact) mass is 360 g/mol. The number of phenolic OH excluding ortho intramolecular Hbond substituents is 1. The summed E-state index contributed by atoms with van der Waals surface area (Å²) >= 11 is 0. The number of carbonyl (C=O) groups excluding carboxylic acids is 1. The van der Waals surface area contributed by atoms with Crippen LogP contribution in [0.15, 0.2) is 24.3 Å². The van der Waals surface area contributed by atoms with E-state index < -0.39 is 6.10 Å². The zero-order chi connectivity index (χ0) is 18.5. The Kier molecular flexibility index (Phi) is 6.54. The molecule has 0 spiro atoms. The Morgan fingerprint density at radius 3 is 2.31 bits per heavy atom. The third-order valence-corrected chi connectivity index (χ3v) is 6.07. The van der Waals surface area contributed by atoms with Gasteiger partial charge in [0.25, 0.3) is 0 Å². The molecular formula is C21H32N2O3. The van der Waals surface area contributed by atoms with Gasteiger partial charge >= 0.3 is 0 Å². The number of aliphatic hydroxyl groups excluding tert-OH is 1. The molecule has 1 aromatic carbocycles. The van der Waals surface area contributed by atoms with Crippen LogP contribution in [-0.4, -0.2) is 46.2 Å². The lowest BCUT2D eigenvalue weighted by Crippen LogP contribution is -2.47. The molecule has 0 aromatic heterocycles. The summed E-state index contributed by atoms with van der Waals surface area (Å²) in [6.07, 6.45) is 7.72. The highest BCUT2D eigenvalue weighted by Crippen LogP contribution is 2.27. The van der Waals surface area contributed by atoms with Crippen LogP contribution in [0, 0.1) is 5.92 Å². The Bertz CT molecular complexity index is 575. The molecular weight excluding hydrogens is 328 g/mol. The maximum absolute atomic E-state index is 12.6. The van der Waals surface area contributed by atoms with E-state index in [1.54, 1.807) is 24.3 Å². The molecule has 2 fully saturated rings. The molecule has 1 aliphatic carbocycles. The SMILES string of the molecule is C[C@@H](NC(=O)C1CCN(C2CCCCC2)CC1)[C@@H](O)c1ccc(O)cc1. The maximum atomic E-state index is 12.6. The van der Waals surface area contributed by atoms with E-state index in [4.69, 9.17) is 0 Å². The van der Waals surface area contributed by atoms with Crippen LogP contribution in [0.25, 0.3) is 0 Å². The molecule has 1 amide bonds. The third-order valence-electron chi connectivity index (χ3n) is 6.07. The van der Waals surface area contributed by atoms with Crippen molar-refractivity contribution in [3.8, 4) is 5.75 Å². The van der Waals surface area contributed by atoms with Crippen molar-refractivity contribution in [2.45, 2.75) is 70.1 Å². The van der Waals surface area contributed by atoms with Crippen molar-refractivity contribution in [3.63, 3.8) is 0 Å². The van der Waals surface area contributed by atoms with Gasteiger partial charge in [-0.25, -0.2) is 0 Å². The molecule has 1 saturated carbocycles. The molecule has 144 valence electrons. The van der Waals surface area contributed by atoms with Gasteiger partial charge in [-0.3, -0.25) is 4.79 Å². The number of likely N-dealkylation sites (tertiary alicyclic amines) is 1. The van der Waals surface area contributed by atoms with Crippen molar-refractivity contribution in [3.05, 3.63) is 29.8 Å². The molecule has 1 saturated heterocycles. The molecule has 2 aliphatic rings. The minimum atomic E-state index is -0.776. The van der Waals surface area contributed by atoms with E-state index in [9.17, 15) is 15.0 Å². The van der Waals surface area contributed by atoms with E-state index in [-0.39, 0.29) is 23.6 Å². The lowest BCUT2D eigenvalue weighted by Gasteiger charge is -2.39. The van der Waals surface area contributed by atoms with Gasteiger partial charge in [-0.1, -0.05) is 31.4 Å². The zero-order valence-corrected chi connectivity index (χ0v) is 15.7. The number of piperidine rings is 1. The van der Waals surface area contributed by atoms with Crippen molar-refractivity contribution < 1.29 is 15.0 Å². The minimum absolute atomic E-state index is 0.0457. The molecule has 5 heteroatoms. The van der Waals surface area contributed by atoms with Crippen LogP contribution in [0.5, 0.6) is 5.75 Å². The smallest absolute Gasteiger partial charge is 0.223 e. The number of nitrogens with zero attached hydrogens (tertiary/aromatic N) is 1. The van der Waals surface area contributed by atoms with Crippen molar-refractivity contribution in [1.82, 2.24) is 10.2 Å². The van der Waals surface area contributed by atoms with E-state index in [2.05, 4.69) is 10.2 Å². The Morgan fingerprint density at radius 1 is 1.08 bits per heavy atom. The number of phenols is 1. The van der Waals surface area contributed by atoms with E-state index in [0.717, 1.165) is 32.0 Å². The second-order valence-electron chi connectivity index (χ2n) is 7.94. The first kappa shape index (κ1) is 19.2. The molecule has 0 bridgehead atoms. The third kappa shape index (κ3) is 4.77. The van der Waals surface area contributed by atoms with Gasteiger partial charge in [0.2, 0.25) is 5.91 Å². The average Bonchev–Trinajstić information content (AvgIpc) is 2.68. The summed E-state index contributed by atoms with van der Waals surface area (Å²) in [7, 11) is 0. The zero-order valence-electron chi connectivity index (χ0n) is 15.7. The summed E-state index contributed by atoms with van der Waals surface area (Å²) in [6.45, 7) is 3.85. The highest BCUT2D eigenvalue weighted by molar-refractivity contribution is 5.79. The summed E-state index contributed by atoms with van der Waals surface area (Å²) in [5.41, 5.74) is 0.697. The van der Waals surface area contributed by atoms with Gasteiger partial charge in [0.15, 0.2) is 0 Å². The fourth-order valence-corrected chi connectivity index (χ4v) is 4.35. The molecule has 1 aromatic rings. The first-order valence-electron chi connectivity index (χ1n) is 10.1. The van der Waals surface area contributed by atoms with Crippen LogP contribution in [0.1, 0.15) is 63.5 Å². The number of carbonyl (C=O) groups is 1. The largest absolute Gasteiger partial charge is 0.508 e. The Balaban J connectivity index is 1.46. The van der Waals surface area contributed by atoms with E-state index in [1.807, 2.05) is 6.92 Å². The lowest BCUT2D eigenvalue weighted by atomic mass is 9.89. The number of rotatable bonds is 5. The minimum Gasteiger partial charge on any atom is -0.508 e. The molecule has 1 aliphatic heterocycles. The van der Waals surface area contributed by atoms with Gasteiger partial charge in [-0.2, -0.15) is 0 Å². The lowest BCUT2D eigenvalue weighted by molar-refractivity contribution is -0.128. The van der Waals surface area contributed by atoms with Gasteiger partial charge in [-0.05, 0) is 63.4 Å². The van der Waals surface area contributed by atoms with Gasteiger partial charge in [-0.15, -0.1) is 0 Å². The normalized spacial score (nSPS) is 22.7. The number of amides is 1. The van der Waals surface area contributed by atoms with Gasteiger partial charge < -0.3 is 20.4 Å². The average molecular weight is 360 g/mol. The molecule has 26 heavy (non-hydrogen) atoms. The van der Waals surface area contributed by atoms with Crippen molar-refractivity contribution >= 4 is 5.91 Å². The highest BCUT2D eigenvalue weighted by atomic mass is 16.3. The molecule has 1 heterocycles. The highest BCUT2D eigenvalue weighted by Gasteiger charge is 2.30. The number of aliphatic hydroxyl groups is 1. The van der Waals surface area contributed by atoms with Crippen LogP contribution in [0.3, 0.4) is 0 Å².